The van der Waals surface area contributed by atoms with E-state index >= 15 is 0 Å². The molecule has 1 rings (SSSR count). The fourth-order valence-electron chi connectivity index (χ4n) is 3.71. The molecule has 0 saturated carbocycles. The van der Waals surface area contributed by atoms with Crippen LogP contribution in [-0.4, -0.2) is 23.1 Å². The van der Waals surface area contributed by atoms with Gasteiger partial charge in [0, 0.05) is 17.6 Å². The van der Waals surface area contributed by atoms with Crippen molar-refractivity contribution in [2.45, 2.75) is 90.9 Å². The van der Waals surface area contributed by atoms with Gasteiger partial charge in [0.2, 0.25) is 7.37 Å². The molecule has 0 fully saturated rings. The molecule has 0 saturated heterocycles. The molecule has 1 unspecified atom stereocenters. The lowest BCUT2D eigenvalue weighted by Crippen LogP contribution is -2.10. The molecule has 0 heterocycles. The lowest BCUT2D eigenvalue weighted by atomic mass is 10.1. The number of hydrogen-bond donors (Lipinski definition) is 1. The minimum atomic E-state index is -3.56. The van der Waals surface area contributed by atoms with Gasteiger partial charge in [0.25, 0.3) is 0 Å². The van der Waals surface area contributed by atoms with Crippen LogP contribution >= 0.6 is 14.5 Å². The summed E-state index contributed by atoms with van der Waals surface area (Å²) >= 11 is 0. The van der Waals surface area contributed by atoms with E-state index in [0.29, 0.717) is 17.6 Å². The molecule has 28 heavy (non-hydrogen) atoms. The third-order valence-electron chi connectivity index (χ3n) is 5.45. The lowest BCUT2D eigenvalue weighted by molar-refractivity contribution is 0.493. The summed E-state index contributed by atoms with van der Waals surface area (Å²) in [4.78, 5) is 10.7. The van der Waals surface area contributed by atoms with Crippen molar-refractivity contribution in [2.24, 2.45) is 0 Å². The van der Waals surface area contributed by atoms with Crippen molar-refractivity contribution in [1.29, 1.82) is 0 Å². The van der Waals surface area contributed by atoms with Crippen molar-refractivity contribution >= 4 is 19.8 Å². The standard InChI is InChI=1S/C23H42O3P2/c1-3-5-7-9-11-16-20-27(24,21-17-12-10-8-6-4-2)22-28(25,26)23-18-14-13-15-19-23/h13-15,18-19H,3-12,16-17,20-22H2,1-2H3,(H,25,26). The molecule has 162 valence electrons. The number of unbranched alkanes of at least 4 members (excludes halogenated alkanes) is 10. The van der Waals surface area contributed by atoms with Crippen LogP contribution in [0, 0.1) is 0 Å². The van der Waals surface area contributed by atoms with E-state index in [1.165, 1.54) is 51.4 Å². The van der Waals surface area contributed by atoms with Crippen LogP contribution in [-0.2, 0) is 9.13 Å². The van der Waals surface area contributed by atoms with Gasteiger partial charge in [0.15, 0.2) is 0 Å². The summed E-state index contributed by atoms with van der Waals surface area (Å²) in [5.74, 6) is -0.0199. The Morgan fingerprint density at radius 3 is 1.57 bits per heavy atom. The average molecular weight is 429 g/mol. The summed E-state index contributed by atoms with van der Waals surface area (Å²) in [5.41, 5.74) is 0. The Bertz CT molecular complexity index is 581. The first-order valence-electron chi connectivity index (χ1n) is 11.4. The summed E-state index contributed by atoms with van der Waals surface area (Å²) in [6.07, 6.45) is 15.1. The first kappa shape index (κ1) is 25.7. The van der Waals surface area contributed by atoms with E-state index in [2.05, 4.69) is 13.8 Å². The summed E-state index contributed by atoms with van der Waals surface area (Å²) in [5, 5.41) is 0.445. The zero-order valence-corrected chi connectivity index (χ0v) is 19.9. The van der Waals surface area contributed by atoms with Gasteiger partial charge in [0.1, 0.15) is 0 Å². The Balaban J connectivity index is 2.62. The highest BCUT2D eigenvalue weighted by molar-refractivity contribution is 7.81. The molecule has 1 N–H and O–H groups in total. The number of hydrogen-bond acceptors (Lipinski definition) is 2. The normalized spacial score (nSPS) is 14.1. The van der Waals surface area contributed by atoms with Crippen LogP contribution < -0.4 is 5.30 Å². The Kier molecular flexibility index (Phi) is 13.4. The van der Waals surface area contributed by atoms with E-state index in [1.807, 2.05) is 6.07 Å². The molecule has 5 heteroatoms. The summed E-state index contributed by atoms with van der Waals surface area (Å²) in [6, 6.07) is 8.80. The molecule has 1 atom stereocenters. The summed E-state index contributed by atoms with van der Waals surface area (Å²) in [6.45, 7) is 4.41. The van der Waals surface area contributed by atoms with Gasteiger partial charge in [-0.05, 0) is 25.0 Å². The lowest BCUT2D eigenvalue weighted by Gasteiger charge is -2.22. The highest BCUT2D eigenvalue weighted by Crippen LogP contribution is 2.59. The van der Waals surface area contributed by atoms with Crippen LogP contribution in [0.1, 0.15) is 90.9 Å². The maximum absolute atomic E-state index is 13.6. The van der Waals surface area contributed by atoms with Crippen molar-refractivity contribution in [3.05, 3.63) is 30.3 Å². The maximum atomic E-state index is 13.6. The van der Waals surface area contributed by atoms with E-state index < -0.39 is 14.5 Å². The fourth-order valence-corrected chi connectivity index (χ4v) is 10.7. The van der Waals surface area contributed by atoms with E-state index in [-0.39, 0.29) is 5.90 Å². The quantitative estimate of drug-likeness (QED) is 0.205. The van der Waals surface area contributed by atoms with E-state index in [1.54, 1.807) is 24.3 Å². The van der Waals surface area contributed by atoms with Gasteiger partial charge < -0.3 is 9.46 Å². The summed E-state index contributed by atoms with van der Waals surface area (Å²) < 4.78 is 26.6. The Morgan fingerprint density at radius 1 is 0.679 bits per heavy atom. The predicted octanol–water partition coefficient (Wildman–Crippen LogP) is 7.62. The smallest absolute Gasteiger partial charge is 0.236 e. The second-order valence-corrected chi connectivity index (χ2v) is 14.3. The van der Waals surface area contributed by atoms with Crippen molar-refractivity contribution in [1.82, 2.24) is 0 Å². The molecule has 0 radical (unpaired) electrons. The van der Waals surface area contributed by atoms with Gasteiger partial charge in [-0.2, -0.15) is 0 Å². The maximum Gasteiger partial charge on any atom is 0.236 e. The summed E-state index contributed by atoms with van der Waals surface area (Å²) in [7, 11) is -6.19. The second kappa shape index (κ2) is 14.6. The van der Waals surface area contributed by atoms with E-state index in [0.717, 1.165) is 25.7 Å². The molecule has 3 nitrogen and oxygen atoms in total. The second-order valence-electron chi connectivity index (χ2n) is 8.22. The van der Waals surface area contributed by atoms with Crippen LogP contribution in [0.15, 0.2) is 30.3 Å². The molecule has 1 aromatic carbocycles. The predicted molar refractivity (Wildman–Crippen MR) is 125 cm³/mol. The van der Waals surface area contributed by atoms with Crippen LogP contribution in [0.3, 0.4) is 0 Å². The van der Waals surface area contributed by atoms with Gasteiger partial charge in [0.05, 0.1) is 13.0 Å². The van der Waals surface area contributed by atoms with Crippen molar-refractivity contribution in [3.63, 3.8) is 0 Å². The first-order valence-corrected chi connectivity index (χ1v) is 15.5. The van der Waals surface area contributed by atoms with Crippen molar-refractivity contribution in [2.75, 3.05) is 18.2 Å². The Labute approximate surface area is 173 Å². The van der Waals surface area contributed by atoms with Gasteiger partial charge in [-0.1, -0.05) is 96.3 Å². The van der Waals surface area contributed by atoms with Crippen molar-refractivity contribution in [3.8, 4) is 0 Å². The Hall–Kier alpha value is -0.360. The molecule has 0 aliphatic carbocycles. The molecule has 0 aliphatic rings. The van der Waals surface area contributed by atoms with Crippen molar-refractivity contribution < 1.29 is 14.0 Å². The van der Waals surface area contributed by atoms with Gasteiger partial charge in [-0.3, -0.25) is 4.57 Å². The van der Waals surface area contributed by atoms with Gasteiger partial charge >= 0.3 is 0 Å². The minimum Gasteiger partial charge on any atom is -0.341 e. The third-order valence-corrected chi connectivity index (χ3v) is 12.4. The third kappa shape index (κ3) is 11.0. The van der Waals surface area contributed by atoms with Crippen LogP contribution in [0.4, 0.5) is 0 Å². The van der Waals surface area contributed by atoms with Gasteiger partial charge in [-0.25, -0.2) is 0 Å². The molecule has 0 aromatic heterocycles. The van der Waals surface area contributed by atoms with Crippen LogP contribution in [0.5, 0.6) is 0 Å². The minimum absolute atomic E-state index is 0.0199. The largest absolute Gasteiger partial charge is 0.341 e. The highest BCUT2D eigenvalue weighted by Gasteiger charge is 2.33. The fraction of sp³-hybridized carbons (Fsp3) is 0.739. The molecule has 0 bridgehead atoms. The number of benzene rings is 1. The van der Waals surface area contributed by atoms with Crippen LogP contribution in [0.2, 0.25) is 0 Å². The molecular weight excluding hydrogens is 386 g/mol. The Morgan fingerprint density at radius 2 is 1.11 bits per heavy atom. The topological polar surface area (TPSA) is 54.4 Å². The van der Waals surface area contributed by atoms with E-state index in [9.17, 15) is 14.0 Å². The van der Waals surface area contributed by atoms with Gasteiger partial charge in [-0.15, -0.1) is 0 Å². The number of rotatable bonds is 17. The molecule has 1 aromatic rings. The first-order chi connectivity index (χ1) is 13.4. The molecular formula is C23H42O3P2. The average Bonchev–Trinajstić information content (AvgIpc) is 2.68. The molecule has 0 spiro atoms. The molecule has 0 aliphatic heterocycles. The SMILES string of the molecule is CCCCCCCCP(=O)(CCCCCCCC)CP(=O)(O)c1ccccc1. The highest BCUT2D eigenvalue weighted by atomic mass is 31.2. The monoisotopic (exact) mass is 428 g/mol. The zero-order valence-electron chi connectivity index (χ0n) is 18.2. The zero-order chi connectivity index (χ0) is 20.7. The molecule has 0 amide bonds. The van der Waals surface area contributed by atoms with E-state index in [4.69, 9.17) is 0 Å². The van der Waals surface area contributed by atoms with Crippen LogP contribution in [0.25, 0.3) is 0 Å².